The fourth-order valence-corrected chi connectivity index (χ4v) is 3.88. The number of aromatic nitrogens is 2. The molecule has 21 heavy (non-hydrogen) atoms. The average Bonchev–Trinajstić information content (AvgIpc) is 2.56. The highest BCUT2D eigenvalue weighted by atomic mass is 32.1. The van der Waals surface area contributed by atoms with E-state index in [9.17, 15) is 0 Å². The molecule has 2 aliphatic rings. The van der Waals surface area contributed by atoms with Crippen LogP contribution in [-0.2, 0) is 0 Å². The number of nitrogens with zero attached hydrogens (tertiary/aromatic N) is 5. The molecular weight excluding hydrogens is 282 g/mol. The standard InChI is InChI=1S/C15H26N5S/c1-18(2)14-16-13(19-9-5-3-6-10-19)17-15(21-14)20-11-7-4-8-12-20/h3-12H2,1-2H3/q+1. The van der Waals surface area contributed by atoms with Crippen molar-refractivity contribution in [2.75, 3.05) is 50.1 Å². The predicted molar refractivity (Wildman–Crippen MR) is 89.2 cm³/mol. The third-order valence-electron chi connectivity index (χ3n) is 4.22. The van der Waals surface area contributed by atoms with E-state index in [0.717, 1.165) is 42.1 Å². The van der Waals surface area contributed by atoms with Crippen molar-refractivity contribution < 1.29 is 0 Å². The molecule has 116 valence electrons. The second-order valence-electron chi connectivity index (χ2n) is 6.18. The fourth-order valence-electron chi connectivity index (χ4n) is 2.97. The molecule has 0 aromatic carbocycles. The minimum atomic E-state index is 0.928. The zero-order chi connectivity index (χ0) is 14.7. The molecule has 2 fully saturated rings. The van der Waals surface area contributed by atoms with E-state index in [1.807, 2.05) is 0 Å². The molecule has 0 amide bonds. The van der Waals surface area contributed by atoms with E-state index in [1.54, 1.807) is 11.3 Å². The molecule has 0 N–H and O–H groups in total. The maximum absolute atomic E-state index is 4.90. The summed E-state index contributed by atoms with van der Waals surface area (Å²) in [6, 6.07) is 0. The summed E-state index contributed by atoms with van der Waals surface area (Å²) in [7, 11) is 4.14. The van der Waals surface area contributed by atoms with E-state index in [4.69, 9.17) is 9.97 Å². The Bertz CT molecular complexity index is 498. The van der Waals surface area contributed by atoms with E-state index in [0.29, 0.717) is 0 Å². The van der Waals surface area contributed by atoms with Gasteiger partial charge in [0, 0.05) is 31.2 Å². The Labute approximate surface area is 131 Å². The van der Waals surface area contributed by atoms with Crippen molar-refractivity contribution >= 4 is 22.4 Å². The van der Waals surface area contributed by atoms with Gasteiger partial charge in [0.15, 0.2) is 5.13 Å². The second kappa shape index (κ2) is 6.73. The van der Waals surface area contributed by atoms with Gasteiger partial charge in [-0.3, -0.25) is 4.58 Å². The Kier molecular flexibility index (Phi) is 4.73. The summed E-state index contributed by atoms with van der Waals surface area (Å²) in [5.74, 6) is 0.928. The zero-order valence-corrected chi connectivity index (χ0v) is 14.0. The van der Waals surface area contributed by atoms with Crippen LogP contribution in [0.5, 0.6) is 0 Å². The largest absolute Gasteiger partial charge is 0.384 e. The predicted octanol–water partition coefficient (Wildman–Crippen LogP) is 1.55. The lowest BCUT2D eigenvalue weighted by atomic mass is 10.1. The lowest BCUT2D eigenvalue weighted by molar-refractivity contribution is 0.561. The highest BCUT2D eigenvalue weighted by Gasteiger charge is 2.22. The molecule has 0 bridgehead atoms. The van der Waals surface area contributed by atoms with Crippen molar-refractivity contribution in [3.05, 3.63) is 4.80 Å². The molecule has 6 heteroatoms. The first-order valence-electron chi connectivity index (χ1n) is 8.13. The molecule has 0 spiro atoms. The summed E-state index contributed by atoms with van der Waals surface area (Å²) in [4.78, 5) is 15.5. The van der Waals surface area contributed by atoms with Crippen LogP contribution in [0.4, 0.5) is 11.1 Å². The first kappa shape index (κ1) is 14.8. The molecule has 3 heterocycles. The van der Waals surface area contributed by atoms with Gasteiger partial charge in [0.25, 0.3) is 0 Å². The van der Waals surface area contributed by atoms with Crippen LogP contribution >= 0.6 is 11.3 Å². The van der Waals surface area contributed by atoms with Gasteiger partial charge in [-0.15, -0.1) is 0 Å². The summed E-state index contributed by atoms with van der Waals surface area (Å²) < 4.78 is 2.10. The van der Waals surface area contributed by atoms with Gasteiger partial charge in [0.1, 0.15) is 0 Å². The maximum Gasteiger partial charge on any atom is 0.384 e. The van der Waals surface area contributed by atoms with E-state index >= 15 is 0 Å². The monoisotopic (exact) mass is 308 g/mol. The molecule has 0 saturated carbocycles. The number of hydrogen-bond donors (Lipinski definition) is 0. The van der Waals surface area contributed by atoms with Gasteiger partial charge in [-0.05, 0) is 49.9 Å². The Morgan fingerprint density at radius 3 is 1.95 bits per heavy atom. The molecule has 2 aliphatic heterocycles. The number of rotatable bonds is 2. The third kappa shape index (κ3) is 3.54. The Balaban J connectivity index is 1.95. The average molecular weight is 308 g/mol. The molecule has 3 rings (SSSR count). The smallest absolute Gasteiger partial charge is 0.348 e. The van der Waals surface area contributed by atoms with Gasteiger partial charge in [-0.1, -0.05) is 0 Å². The summed E-state index contributed by atoms with van der Waals surface area (Å²) in [5, 5.41) is 1.15. The van der Waals surface area contributed by atoms with Gasteiger partial charge >= 0.3 is 10.7 Å². The summed E-state index contributed by atoms with van der Waals surface area (Å²) in [5.41, 5.74) is 0. The van der Waals surface area contributed by atoms with Crippen molar-refractivity contribution in [2.45, 2.75) is 38.5 Å². The highest BCUT2D eigenvalue weighted by molar-refractivity contribution is 7.12. The molecule has 1 aromatic rings. The Morgan fingerprint density at radius 1 is 0.810 bits per heavy atom. The first-order chi connectivity index (χ1) is 10.2. The molecular formula is C15H26N5S+. The fraction of sp³-hybridized carbons (Fsp3) is 0.800. The van der Waals surface area contributed by atoms with E-state index in [2.05, 4.69) is 28.5 Å². The van der Waals surface area contributed by atoms with Crippen LogP contribution in [0.15, 0.2) is 0 Å². The molecule has 0 atom stereocenters. The van der Waals surface area contributed by atoms with Gasteiger partial charge in [-0.2, -0.15) is 4.98 Å². The quantitative estimate of drug-likeness (QED) is 0.777. The van der Waals surface area contributed by atoms with Crippen LogP contribution in [-0.4, -0.2) is 50.2 Å². The molecule has 0 unspecified atom stereocenters. The SMILES string of the molecule is C[N+](C)=c1nc(N2CCCCC2)nc(N2CCCCC2)s1. The van der Waals surface area contributed by atoms with Gasteiger partial charge < -0.3 is 9.80 Å². The normalized spacial score (nSPS) is 19.7. The molecule has 0 radical (unpaired) electrons. The van der Waals surface area contributed by atoms with Crippen LogP contribution in [0.3, 0.4) is 0 Å². The van der Waals surface area contributed by atoms with Crippen LogP contribution < -0.4 is 19.2 Å². The van der Waals surface area contributed by atoms with Crippen LogP contribution in [0.25, 0.3) is 0 Å². The Hall–Kier alpha value is -1.17. The third-order valence-corrected chi connectivity index (χ3v) is 5.39. The number of piperidine rings is 2. The van der Waals surface area contributed by atoms with Crippen LogP contribution in [0, 0.1) is 0 Å². The molecule has 0 aliphatic carbocycles. The van der Waals surface area contributed by atoms with Crippen LogP contribution in [0.1, 0.15) is 38.5 Å². The minimum Gasteiger partial charge on any atom is -0.348 e. The first-order valence-corrected chi connectivity index (χ1v) is 8.95. The van der Waals surface area contributed by atoms with E-state index < -0.39 is 0 Å². The molecule has 5 nitrogen and oxygen atoms in total. The van der Waals surface area contributed by atoms with Gasteiger partial charge in [0.2, 0.25) is 0 Å². The zero-order valence-electron chi connectivity index (χ0n) is 13.2. The highest BCUT2D eigenvalue weighted by Crippen LogP contribution is 2.22. The molecule has 2 saturated heterocycles. The number of hydrogen-bond acceptors (Lipinski definition) is 5. The van der Waals surface area contributed by atoms with Crippen molar-refractivity contribution in [1.82, 2.24) is 14.5 Å². The van der Waals surface area contributed by atoms with Gasteiger partial charge in [-0.25, -0.2) is 0 Å². The van der Waals surface area contributed by atoms with Gasteiger partial charge in [0.05, 0.1) is 14.1 Å². The Morgan fingerprint density at radius 2 is 1.38 bits per heavy atom. The van der Waals surface area contributed by atoms with E-state index in [-0.39, 0.29) is 0 Å². The lowest BCUT2D eigenvalue weighted by Gasteiger charge is -2.28. The van der Waals surface area contributed by atoms with Crippen molar-refractivity contribution in [3.63, 3.8) is 0 Å². The summed E-state index contributed by atoms with van der Waals surface area (Å²) in [6.07, 6.45) is 7.79. The lowest BCUT2D eigenvalue weighted by Crippen LogP contribution is -2.36. The summed E-state index contributed by atoms with van der Waals surface area (Å²) in [6.45, 7) is 4.47. The second-order valence-corrected chi connectivity index (χ2v) is 7.12. The maximum atomic E-state index is 4.90. The topological polar surface area (TPSA) is 35.3 Å². The minimum absolute atomic E-state index is 0.928. The van der Waals surface area contributed by atoms with Crippen molar-refractivity contribution in [3.8, 4) is 0 Å². The summed E-state index contributed by atoms with van der Waals surface area (Å²) >= 11 is 1.72. The van der Waals surface area contributed by atoms with Crippen LogP contribution in [0.2, 0.25) is 0 Å². The van der Waals surface area contributed by atoms with E-state index in [1.165, 1.54) is 38.5 Å². The molecule has 1 aromatic heterocycles. The van der Waals surface area contributed by atoms with Crippen molar-refractivity contribution in [2.24, 2.45) is 0 Å². The number of anilines is 2. The van der Waals surface area contributed by atoms with Crippen molar-refractivity contribution in [1.29, 1.82) is 0 Å².